The average Bonchev–Trinajstić information content (AvgIpc) is 2.60. The van der Waals surface area contributed by atoms with Crippen molar-refractivity contribution in [2.45, 2.75) is 34.1 Å². The van der Waals surface area contributed by atoms with Crippen molar-refractivity contribution in [3.8, 4) is 0 Å². The minimum Gasteiger partial charge on any atom is -0.341 e. The number of benzene rings is 1. The molecule has 1 amide bonds. The lowest BCUT2D eigenvalue weighted by molar-refractivity contribution is -0.134. The highest BCUT2D eigenvalue weighted by Gasteiger charge is 2.22. The molecule has 4 nitrogen and oxygen atoms in total. The van der Waals surface area contributed by atoms with Crippen LogP contribution < -0.4 is 0 Å². The summed E-state index contributed by atoms with van der Waals surface area (Å²) in [5, 5.41) is 0. The number of amides is 1. The van der Waals surface area contributed by atoms with E-state index in [1.807, 2.05) is 0 Å². The zero-order valence-corrected chi connectivity index (χ0v) is 17.2. The third-order valence-corrected chi connectivity index (χ3v) is 4.91. The number of hydrogen-bond donors (Lipinski definition) is 0. The lowest BCUT2D eigenvalue weighted by atomic mass is 10.1. The Morgan fingerprint density at radius 2 is 1.46 bits per heavy atom. The van der Waals surface area contributed by atoms with Gasteiger partial charge in [0.05, 0.1) is 6.54 Å². The maximum absolute atomic E-state index is 12.7. The average molecular weight is 360 g/mol. The highest BCUT2D eigenvalue weighted by Crippen LogP contribution is 2.08. The van der Waals surface area contributed by atoms with Gasteiger partial charge in [-0.2, -0.15) is 0 Å². The van der Waals surface area contributed by atoms with E-state index < -0.39 is 0 Å². The molecular formula is C22H37N3O. The van der Waals surface area contributed by atoms with Gasteiger partial charge >= 0.3 is 0 Å². The molecule has 1 aliphatic heterocycles. The molecule has 1 aromatic carbocycles. The minimum atomic E-state index is 0.296. The maximum atomic E-state index is 12.7. The third-order valence-electron chi connectivity index (χ3n) is 4.91. The van der Waals surface area contributed by atoms with E-state index in [-0.39, 0.29) is 0 Å². The first-order chi connectivity index (χ1) is 12.4. The highest BCUT2D eigenvalue weighted by atomic mass is 16.2. The molecule has 0 N–H and O–H groups in total. The Bertz CT molecular complexity index is 511. The molecule has 0 unspecified atom stereocenters. The van der Waals surface area contributed by atoms with E-state index in [9.17, 15) is 4.79 Å². The number of nitrogens with zero attached hydrogens (tertiary/aromatic N) is 3. The molecule has 0 bridgehead atoms. The lowest BCUT2D eigenvalue weighted by Crippen LogP contribution is -2.51. The predicted octanol–water partition coefficient (Wildman–Crippen LogP) is 2.99. The zero-order chi connectivity index (χ0) is 18.9. The van der Waals surface area contributed by atoms with Crippen LogP contribution >= 0.6 is 0 Å². The first kappa shape index (κ1) is 20.9. The molecule has 1 aliphatic rings. The predicted molar refractivity (Wildman–Crippen MR) is 109 cm³/mol. The number of carbonyl (C=O) groups is 1. The monoisotopic (exact) mass is 359 g/mol. The van der Waals surface area contributed by atoms with Crippen LogP contribution in [0.1, 0.15) is 33.3 Å². The fourth-order valence-electron chi connectivity index (χ4n) is 3.55. The standard InChI is InChI=1S/C22H37N3O/c1-19(2)16-25(17-20(3)4)22(26)18-24-14-12-23(13-15-24)11-10-21-8-6-5-7-9-21/h5-9,19-20H,10-18H2,1-4H3. The molecule has 0 atom stereocenters. The maximum Gasteiger partial charge on any atom is 0.236 e. The minimum absolute atomic E-state index is 0.296. The van der Waals surface area contributed by atoms with Gasteiger partial charge in [0, 0.05) is 45.8 Å². The van der Waals surface area contributed by atoms with Crippen LogP contribution in [0.5, 0.6) is 0 Å². The second-order valence-electron chi connectivity index (χ2n) is 8.44. The van der Waals surface area contributed by atoms with Crippen LogP contribution in [-0.2, 0) is 11.2 Å². The van der Waals surface area contributed by atoms with Crippen molar-refractivity contribution in [2.24, 2.45) is 11.8 Å². The van der Waals surface area contributed by atoms with Crippen molar-refractivity contribution in [1.29, 1.82) is 0 Å². The topological polar surface area (TPSA) is 26.8 Å². The van der Waals surface area contributed by atoms with Gasteiger partial charge in [-0.1, -0.05) is 58.0 Å². The summed E-state index contributed by atoms with van der Waals surface area (Å²) in [5.41, 5.74) is 1.41. The van der Waals surface area contributed by atoms with Crippen molar-refractivity contribution >= 4 is 5.91 Å². The fourth-order valence-corrected chi connectivity index (χ4v) is 3.55. The summed E-state index contributed by atoms with van der Waals surface area (Å²) in [5.74, 6) is 1.34. The number of carbonyl (C=O) groups excluding carboxylic acids is 1. The first-order valence-electron chi connectivity index (χ1n) is 10.2. The van der Waals surface area contributed by atoms with E-state index in [2.05, 4.69) is 72.7 Å². The lowest BCUT2D eigenvalue weighted by Gasteiger charge is -2.36. The van der Waals surface area contributed by atoms with Gasteiger partial charge in [-0.05, 0) is 23.8 Å². The second kappa shape index (κ2) is 10.7. The van der Waals surface area contributed by atoms with Gasteiger partial charge in [-0.15, -0.1) is 0 Å². The van der Waals surface area contributed by atoms with Crippen LogP contribution in [0.25, 0.3) is 0 Å². The SMILES string of the molecule is CC(C)CN(CC(C)C)C(=O)CN1CCN(CCc2ccccc2)CC1. The van der Waals surface area contributed by atoms with Gasteiger partial charge in [0.1, 0.15) is 0 Å². The van der Waals surface area contributed by atoms with E-state index >= 15 is 0 Å². The van der Waals surface area contributed by atoms with E-state index in [0.29, 0.717) is 24.3 Å². The Morgan fingerprint density at radius 3 is 2.00 bits per heavy atom. The normalized spacial score (nSPS) is 16.4. The van der Waals surface area contributed by atoms with Gasteiger partial charge in [0.2, 0.25) is 5.91 Å². The summed E-state index contributed by atoms with van der Waals surface area (Å²) in [6.45, 7) is 16.3. The largest absolute Gasteiger partial charge is 0.341 e. The summed E-state index contributed by atoms with van der Waals surface area (Å²) in [6, 6.07) is 10.7. The van der Waals surface area contributed by atoms with Crippen LogP contribution in [0.3, 0.4) is 0 Å². The molecule has 1 heterocycles. The van der Waals surface area contributed by atoms with Crippen molar-refractivity contribution < 1.29 is 4.79 Å². The second-order valence-corrected chi connectivity index (χ2v) is 8.44. The number of rotatable bonds is 9. The molecule has 0 aromatic heterocycles. The van der Waals surface area contributed by atoms with Crippen LogP contribution in [0.2, 0.25) is 0 Å². The molecule has 2 rings (SSSR count). The molecule has 146 valence electrons. The Morgan fingerprint density at radius 1 is 0.923 bits per heavy atom. The number of piperazine rings is 1. The Hall–Kier alpha value is -1.39. The van der Waals surface area contributed by atoms with Crippen LogP contribution in [0.15, 0.2) is 30.3 Å². The van der Waals surface area contributed by atoms with Gasteiger partial charge in [-0.3, -0.25) is 9.69 Å². The summed E-state index contributed by atoms with van der Waals surface area (Å²) in [6.07, 6.45) is 1.11. The molecule has 1 saturated heterocycles. The molecule has 26 heavy (non-hydrogen) atoms. The Balaban J connectivity index is 1.73. The fraction of sp³-hybridized carbons (Fsp3) is 0.682. The Labute approximate surface area is 160 Å². The molecule has 0 saturated carbocycles. The Kier molecular flexibility index (Phi) is 8.60. The summed E-state index contributed by atoms with van der Waals surface area (Å²) >= 11 is 0. The molecular weight excluding hydrogens is 322 g/mol. The van der Waals surface area contributed by atoms with Crippen LogP contribution in [0, 0.1) is 11.8 Å². The van der Waals surface area contributed by atoms with Crippen molar-refractivity contribution in [2.75, 3.05) is 52.4 Å². The first-order valence-corrected chi connectivity index (χ1v) is 10.2. The van der Waals surface area contributed by atoms with E-state index in [0.717, 1.165) is 52.2 Å². The summed E-state index contributed by atoms with van der Waals surface area (Å²) in [4.78, 5) is 19.7. The van der Waals surface area contributed by atoms with Gasteiger partial charge < -0.3 is 9.80 Å². The molecule has 1 fully saturated rings. The molecule has 0 radical (unpaired) electrons. The zero-order valence-electron chi connectivity index (χ0n) is 17.2. The van der Waals surface area contributed by atoms with Crippen LogP contribution in [0.4, 0.5) is 0 Å². The van der Waals surface area contributed by atoms with Crippen LogP contribution in [-0.4, -0.2) is 73.0 Å². The van der Waals surface area contributed by atoms with E-state index in [4.69, 9.17) is 0 Å². The van der Waals surface area contributed by atoms with Crippen molar-refractivity contribution in [1.82, 2.24) is 14.7 Å². The smallest absolute Gasteiger partial charge is 0.236 e. The highest BCUT2D eigenvalue weighted by molar-refractivity contribution is 5.78. The molecule has 1 aromatic rings. The molecule has 0 aliphatic carbocycles. The van der Waals surface area contributed by atoms with Crippen molar-refractivity contribution in [3.05, 3.63) is 35.9 Å². The molecule has 0 spiro atoms. The third kappa shape index (κ3) is 7.46. The van der Waals surface area contributed by atoms with Gasteiger partial charge in [0.15, 0.2) is 0 Å². The summed E-state index contributed by atoms with van der Waals surface area (Å²) in [7, 11) is 0. The van der Waals surface area contributed by atoms with Gasteiger partial charge in [-0.25, -0.2) is 0 Å². The van der Waals surface area contributed by atoms with Crippen molar-refractivity contribution in [3.63, 3.8) is 0 Å². The van der Waals surface area contributed by atoms with Gasteiger partial charge in [0.25, 0.3) is 0 Å². The van der Waals surface area contributed by atoms with E-state index in [1.165, 1.54) is 5.56 Å². The quantitative estimate of drug-likeness (QED) is 0.678. The van der Waals surface area contributed by atoms with E-state index in [1.54, 1.807) is 0 Å². The number of hydrogen-bond acceptors (Lipinski definition) is 3. The summed E-state index contributed by atoms with van der Waals surface area (Å²) < 4.78 is 0. The molecule has 4 heteroatoms.